The zero-order valence-electron chi connectivity index (χ0n) is 8.84. The Hall–Kier alpha value is -1.36. The number of piperidine rings is 1. The maximum absolute atomic E-state index is 11.1. The standard InChI is InChI=1S/C10H16N4O/c1-10(2-4-11-5-3-10)14-8-6-9(15)13-7-12-8/h6-7,11H,2-5H2,1H3,(H2,12,13,14,15). The summed E-state index contributed by atoms with van der Waals surface area (Å²) in [4.78, 5) is 17.7. The van der Waals surface area contributed by atoms with E-state index in [2.05, 4.69) is 27.5 Å². The number of anilines is 1. The van der Waals surface area contributed by atoms with Gasteiger partial charge in [-0.1, -0.05) is 0 Å². The molecule has 3 N–H and O–H groups in total. The van der Waals surface area contributed by atoms with Crippen molar-refractivity contribution in [2.24, 2.45) is 0 Å². The van der Waals surface area contributed by atoms with Crippen LogP contribution in [0.15, 0.2) is 17.2 Å². The van der Waals surface area contributed by atoms with E-state index in [-0.39, 0.29) is 11.1 Å². The fraction of sp³-hybridized carbons (Fsp3) is 0.600. The van der Waals surface area contributed by atoms with Gasteiger partial charge in [0.1, 0.15) is 5.82 Å². The molecule has 5 heteroatoms. The lowest BCUT2D eigenvalue weighted by molar-refractivity contribution is 0.364. The second-order valence-corrected chi connectivity index (χ2v) is 4.23. The molecule has 1 aromatic rings. The van der Waals surface area contributed by atoms with Gasteiger partial charge in [0, 0.05) is 11.6 Å². The molecular weight excluding hydrogens is 192 g/mol. The summed E-state index contributed by atoms with van der Waals surface area (Å²) in [6, 6.07) is 1.49. The average Bonchev–Trinajstić information content (AvgIpc) is 2.18. The van der Waals surface area contributed by atoms with Crippen LogP contribution in [-0.2, 0) is 0 Å². The maximum Gasteiger partial charge on any atom is 0.252 e. The first-order chi connectivity index (χ1) is 7.18. The quantitative estimate of drug-likeness (QED) is 0.655. The van der Waals surface area contributed by atoms with Crippen LogP contribution in [-0.4, -0.2) is 28.6 Å². The third-order valence-electron chi connectivity index (χ3n) is 2.82. The van der Waals surface area contributed by atoms with E-state index in [9.17, 15) is 4.79 Å². The van der Waals surface area contributed by atoms with Crippen LogP contribution in [0.25, 0.3) is 0 Å². The molecule has 0 unspecified atom stereocenters. The van der Waals surface area contributed by atoms with Gasteiger partial charge < -0.3 is 15.6 Å². The molecule has 0 amide bonds. The molecule has 0 spiro atoms. The molecule has 1 aliphatic rings. The van der Waals surface area contributed by atoms with Crippen LogP contribution in [0.3, 0.4) is 0 Å². The summed E-state index contributed by atoms with van der Waals surface area (Å²) in [6.07, 6.45) is 3.51. The van der Waals surface area contributed by atoms with Crippen molar-refractivity contribution in [3.63, 3.8) is 0 Å². The number of H-pyrrole nitrogens is 1. The fourth-order valence-electron chi connectivity index (χ4n) is 1.85. The van der Waals surface area contributed by atoms with E-state index in [0.717, 1.165) is 25.9 Å². The van der Waals surface area contributed by atoms with Crippen LogP contribution in [0.5, 0.6) is 0 Å². The van der Waals surface area contributed by atoms with Gasteiger partial charge in [-0.3, -0.25) is 4.79 Å². The highest BCUT2D eigenvalue weighted by atomic mass is 16.1. The number of hydrogen-bond donors (Lipinski definition) is 3. The summed E-state index contributed by atoms with van der Waals surface area (Å²) in [5.74, 6) is 0.656. The van der Waals surface area contributed by atoms with Crippen molar-refractivity contribution in [2.75, 3.05) is 18.4 Å². The Balaban J connectivity index is 2.10. The van der Waals surface area contributed by atoms with Crippen molar-refractivity contribution >= 4 is 5.82 Å². The molecule has 82 valence electrons. The van der Waals surface area contributed by atoms with Gasteiger partial charge in [-0.05, 0) is 32.9 Å². The van der Waals surface area contributed by atoms with Crippen LogP contribution >= 0.6 is 0 Å². The lowest BCUT2D eigenvalue weighted by atomic mass is 9.91. The minimum Gasteiger partial charge on any atom is -0.365 e. The average molecular weight is 208 g/mol. The zero-order valence-corrected chi connectivity index (χ0v) is 8.84. The fourth-order valence-corrected chi connectivity index (χ4v) is 1.85. The molecule has 2 heterocycles. The molecule has 1 aromatic heterocycles. The van der Waals surface area contributed by atoms with Gasteiger partial charge in [0.05, 0.1) is 6.33 Å². The van der Waals surface area contributed by atoms with Crippen LogP contribution in [0.1, 0.15) is 19.8 Å². The predicted molar refractivity (Wildman–Crippen MR) is 59.0 cm³/mol. The Bertz CT molecular complexity index is 381. The highest BCUT2D eigenvalue weighted by molar-refractivity contribution is 5.35. The molecule has 0 aromatic carbocycles. The lowest BCUT2D eigenvalue weighted by Crippen LogP contribution is -2.45. The molecule has 15 heavy (non-hydrogen) atoms. The molecule has 0 radical (unpaired) electrons. The molecule has 1 aliphatic heterocycles. The number of nitrogens with one attached hydrogen (secondary N) is 3. The van der Waals surface area contributed by atoms with Gasteiger partial charge in [-0.2, -0.15) is 0 Å². The van der Waals surface area contributed by atoms with Gasteiger partial charge in [0.2, 0.25) is 0 Å². The molecule has 0 saturated carbocycles. The van der Waals surface area contributed by atoms with Crippen molar-refractivity contribution < 1.29 is 0 Å². The SMILES string of the molecule is CC1(Nc2cc(=O)[nH]cn2)CCNCC1. The summed E-state index contributed by atoms with van der Waals surface area (Å²) in [7, 11) is 0. The van der Waals surface area contributed by atoms with Gasteiger partial charge in [0.15, 0.2) is 0 Å². The molecule has 0 atom stereocenters. The molecule has 2 rings (SSSR count). The largest absolute Gasteiger partial charge is 0.365 e. The number of aromatic nitrogens is 2. The molecule has 1 fully saturated rings. The first-order valence-electron chi connectivity index (χ1n) is 5.22. The second kappa shape index (κ2) is 4.02. The Morgan fingerprint density at radius 1 is 1.47 bits per heavy atom. The summed E-state index contributed by atoms with van der Waals surface area (Å²) in [6.45, 7) is 4.18. The smallest absolute Gasteiger partial charge is 0.252 e. The normalized spacial score (nSPS) is 19.8. The van der Waals surface area contributed by atoms with Gasteiger partial charge in [-0.15, -0.1) is 0 Å². The summed E-state index contributed by atoms with van der Waals surface area (Å²) < 4.78 is 0. The minimum atomic E-state index is -0.120. The van der Waals surface area contributed by atoms with Crippen LogP contribution < -0.4 is 16.2 Å². The first-order valence-corrected chi connectivity index (χ1v) is 5.22. The number of rotatable bonds is 2. The summed E-state index contributed by atoms with van der Waals surface area (Å²) in [5, 5.41) is 6.64. The minimum absolute atomic E-state index is 0.0477. The van der Waals surface area contributed by atoms with E-state index < -0.39 is 0 Å². The highest BCUT2D eigenvalue weighted by Crippen LogP contribution is 2.21. The third-order valence-corrected chi connectivity index (χ3v) is 2.82. The molecule has 0 bridgehead atoms. The Labute approximate surface area is 88.3 Å². The van der Waals surface area contributed by atoms with E-state index in [4.69, 9.17) is 0 Å². The van der Waals surface area contributed by atoms with E-state index in [1.807, 2.05) is 0 Å². The van der Waals surface area contributed by atoms with Crippen molar-refractivity contribution in [2.45, 2.75) is 25.3 Å². The van der Waals surface area contributed by atoms with Gasteiger partial charge in [0.25, 0.3) is 5.56 Å². The number of hydrogen-bond acceptors (Lipinski definition) is 4. The third kappa shape index (κ3) is 2.56. The van der Waals surface area contributed by atoms with Crippen LogP contribution in [0.4, 0.5) is 5.82 Å². The lowest BCUT2D eigenvalue weighted by Gasteiger charge is -2.35. The first kappa shape index (κ1) is 10.2. The number of nitrogens with zero attached hydrogens (tertiary/aromatic N) is 1. The monoisotopic (exact) mass is 208 g/mol. The summed E-state index contributed by atoms with van der Waals surface area (Å²) in [5.41, 5.74) is -0.0727. The molecule has 5 nitrogen and oxygen atoms in total. The van der Waals surface area contributed by atoms with E-state index in [0.29, 0.717) is 5.82 Å². The van der Waals surface area contributed by atoms with Gasteiger partial charge >= 0.3 is 0 Å². The Kier molecular flexibility index (Phi) is 2.73. The van der Waals surface area contributed by atoms with Crippen molar-refractivity contribution in [1.82, 2.24) is 15.3 Å². The van der Waals surface area contributed by atoms with E-state index in [1.165, 1.54) is 12.4 Å². The molecular formula is C10H16N4O. The number of aromatic amines is 1. The van der Waals surface area contributed by atoms with Crippen molar-refractivity contribution in [3.8, 4) is 0 Å². The van der Waals surface area contributed by atoms with E-state index in [1.54, 1.807) is 0 Å². The summed E-state index contributed by atoms with van der Waals surface area (Å²) >= 11 is 0. The molecule has 1 saturated heterocycles. The van der Waals surface area contributed by atoms with Crippen molar-refractivity contribution in [3.05, 3.63) is 22.7 Å². The Morgan fingerprint density at radius 2 is 2.20 bits per heavy atom. The highest BCUT2D eigenvalue weighted by Gasteiger charge is 2.26. The second-order valence-electron chi connectivity index (χ2n) is 4.23. The van der Waals surface area contributed by atoms with E-state index >= 15 is 0 Å². The van der Waals surface area contributed by atoms with Crippen LogP contribution in [0.2, 0.25) is 0 Å². The van der Waals surface area contributed by atoms with Gasteiger partial charge in [-0.25, -0.2) is 4.98 Å². The van der Waals surface area contributed by atoms with Crippen LogP contribution in [0, 0.1) is 0 Å². The molecule has 0 aliphatic carbocycles. The maximum atomic E-state index is 11.1. The predicted octanol–water partition coefficient (Wildman–Crippen LogP) is 0.324. The zero-order chi connectivity index (χ0) is 10.7. The Morgan fingerprint density at radius 3 is 2.87 bits per heavy atom. The van der Waals surface area contributed by atoms with Crippen molar-refractivity contribution in [1.29, 1.82) is 0 Å². The topological polar surface area (TPSA) is 69.8 Å².